The Morgan fingerprint density at radius 2 is 1.71 bits per heavy atom. The molecule has 2 N–H and O–H groups in total. The molecule has 0 radical (unpaired) electrons. The molecule has 0 aliphatic heterocycles. The van der Waals surface area contributed by atoms with Crippen LogP contribution < -0.4 is 24.8 Å². The number of methoxy groups -OCH3 is 3. The van der Waals surface area contributed by atoms with Crippen molar-refractivity contribution in [2.75, 3.05) is 27.9 Å². The summed E-state index contributed by atoms with van der Waals surface area (Å²) in [4.78, 5) is 9.39. The Morgan fingerprint density at radius 3 is 2.29 bits per heavy atom. The average Bonchev–Trinajstić information content (AvgIpc) is 3.10. The second-order valence-electron chi connectivity index (χ2n) is 6.66. The molecule has 3 aromatic rings. The molecule has 3 rings (SSSR count). The van der Waals surface area contributed by atoms with Gasteiger partial charge < -0.3 is 29.4 Å². The van der Waals surface area contributed by atoms with Gasteiger partial charge in [-0.05, 0) is 36.8 Å². The van der Waals surface area contributed by atoms with Crippen LogP contribution in [0.25, 0.3) is 11.0 Å². The fourth-order valence-corrected chi connectivity index (χ4v) is 3.26. The van der Waals surface area contributed by atoms with Gasteiger partial charge in [0.2, 0.25) is 5.75 Å². The number of aryl methyl sites for hydroxylation is 1. The molecule has 0 saturated heterocycles. The van der Waals surface area contributed by atoms with Crippen LogP contribution in [0.15, 0.2) is 41.4 Å². The maximum Gasteiger partial charge on any atom is 0.203 e. The van der Waals surface area contributed by atoms with E-state index >= 15 is 0 Å². The lowest BCUT2D eigenvalue weighted by atomic mass is 10.2. The second-order valence-corrected chi connectivity index (χ2v) is 6.66. The Kier molecular flexibility index (Phi) is 9.22. The van der Waals surface area contributed by atoms with Gasteiger partial charge in [0, 0.05) is 13.6 Å². The fraction of sp³-hybridized carbons (Fsp3) is 0.364. The van der Waals surface area contributed by atoms with Crippen molar-refractivity contribution in [2.24, 2.45) is 12.0 Å². The molecule has 0 aliphatic carbocycles. The number of para-hydroxylation sites is 2. The van der Waals surface area contributed by atoms with E-state index in [0.717, 1.165) is 29.0 Å². The zero-order valence-electron chi connectivity index (χ0n) is 18.6. The number of nitrogens with zero attached hydrogens (tertiary/aromatic N) is 3. The summed E-state index contributed by atoms with van der Waals surface area (Å²) in [5.74, 6) is 3.44. The summed E-state index contributed by atoms with van der Waals surface area (Å²) in [6.45, 7) is 3.80. The van der Waals surface area contributed by atoms with Crippen LogP contribution in [0.4, 0.5) is 0 Å². The molecule has 8 nitrogen and oxygen atoms in total. The molecule has 0 atom stereocenters. The largest absolute Gasteiger partial charge is 0.493 e. The summed E-state index contributed by atoms with van der Waals surface area (Å²) < 4.78 is 18.3. The molecular formula is C22H30IN5O3. The maximum atomic E-state index is 5.43. The summed E-state index contributed by atoms with van der Waals surface area (Å²) in [7, 11) is 6.82. The topological polar surface area (TPSA) is 81.9 Å². The van der Waals surface area contributed by atoms with Crippen molar-refractivity contribution in [3.8, 4) is 17.2 Å². The number of nitrogens with one attached hydrogen (secondary N) is 2. The zero-order valence-corrected chi connectivity index (χ0v) is 20.9. The molecule has 1 aromatic heterocycles. The van der Waals surface area contributed by atoms with E-state index in [2.05, 4.69) is 21.3 Å². The lowest BCUT2D eigenvalue weighted by molar-refractivity contribution is 0.324. The van der Waals surface area contributed by atoms with E-state index in [1.807, 2.05) is 44.3 Å². The number of hydrogen-bond donors (Lipinski definition) is 2. The molecule has 1 heterocycles. The maximum absolute atomic E-state index is 5.43. The van der Waals surface area contributed by atoms with Crippen molar-refractivity contribution in [1.82, 2.24) is 20.2 Å². The predicted molar refractivity (Wildman–Crippen MR) is 134 cm³/mol. The zero-order chi connectivity index (χ0) is 21.5. The third kappa shape index (κ3) is 5.72. The van der Waals surface area contributed by atoms with Gasteiger partial charge in [0.25, 0.3) is 0 Å². The minimum atomic E-state index is 0. The molecule has 9 heteroatoms. The van der Waals surface area contributed by atoms with E-state index < -0.39 is 0 Å². The number of hydrogen-bond acceptors (Lipinski definition) is 5. The van der Waals surface area contributed by atoms with Crippen molar-refractivity contribution in [3.63, 3.8) is 0 Å². The van der Waals surface area contributed by atoms with Gasteiger partial charge >= 0.3 is 0 Å². The van der Waals surface area contributed by atoms with Gasteiger partial charge in [0.15, 0.2) is 17.5 Å². The molecule has 0 spiro atoms. The number of aromatic nitrogens is 2. The molecule has 2 aromatic carbocycles. The molecule has 0 fully saturated rings. The first-order valence-electron chi connectivity index (χ1n) is 9.82. The number of rotatable bonds is 8. The lowest BCUT2D eigenvalue weighted by Gasteiger charge is -2.14. The van der Waals surface area contributed by atoms with Gasteiger partial charge in [-0.15, -0.1) is 24.0 Å². The minimum absolute atomic E-state index is 0. The Morgan fingerprint density at radius 1 is 1.03 bits per heavy atom. The lowest BCUT2D eigenvalue weighted by Crippen LogP contribution is -2.37. The summed E-state index contributed by atoms with van der Waals surface area (Å²) >= 11 is 0. The molecule has 31 heavy (non-hydrogen) atoms. The van der Waals surface area contributed by atoms with E-state index in [0.29, 0.717) is 36.3 Å². The van der Waals surface area contributed by atoms with E-state index in [9.17, 15) is 0 Å². The van der Waals surface area contributed by atoms with Crippen molar-refractivity contribution < 1.29 is 14.2 Å². The van der Waals surface area contributed by atoms with Gasteiger partial charge in [-0.3, -0.25) is 0 Å². The monoisotopic (exact) mass is 539 g/mol. The highest BCUT2D eigenvalue weighted by Gasteiger charge is 2.13. The van der Waals surface area contributed by atoms with Crippen LogP contribution >= 0.6 is 24.0 Å². The number of aliphatic imine (C=N–C) groups is 1. The molecule has 0 saturated carbocycles. The Hall–Kier alpha value is -2.69. The number of guanidine groups is 1. The number of fused-ring (bicyclic) bond motifs is 1. The molecular weight excluding hydrogens is 509 g/mol. The van der Waals surface area contributed by atoms with Crippen LogP contribution in [-0.2, 0) is 20.1 Å². The number of halogens is 1. The first-order chi connectivity index (χ1) is 14.6. The summed E-state index contributed by atoms with van der Waals surface area (Å²) in [6, 6.07) is 11.9. The highest BCUT2D eigenvalue weighted by molar-refractivity contribution is 14.0. The van der Waals surface area contributed by atoms with E-state index in [1.54, 1.807) is 21.3 Å². The third-order valence-electron chi connectivity index (χ3n) is 4.78. The summed E-state index contributed by atoms with van der Waals surface area (Å²) in [5, 5.41) is 6.63. The van der Waals surface area contributed by atoms with Crippen LogP contribution in [-0.4, -0.2) is 43.4 Å². The van der Waals surface area contributed by atoms with Crippen molar-refractivity contribution in [2.45, 2.75) is 20.0 Å². The molecule has 0 unspecified atom stereocenters. The smallest absolute Gasteiger partial charge is 0.203 e. The third-order valence-corrected chi connectivity index (χ3v) is 4.78. The van der Waals surface area contributed by atoms with E-state index in [4.69, 9.17) is 24.2 Å². The molecule has 168 valence electrons. The molecule has 0 bridgehead atoms. The quantitative estimate of drug-likeness (QED) is 0.259. The second kappa shape index (κ2) is 11.6. The normalized spacial score (nSPS) is 11.1. The van der Waals surface area contributed by atoms with Crippen LogP contribution in [0.2, 0.25) is 0 Å². The molecule has 0 amide bonds. The standard InChI is InChI=1S/C22H29N5O3.HI/c1-6-23-22(25-14-20-26-16-9-7-8-10-17(16)27(20)2)24-13-15-11-18(28-3)21(30-5)19(12-15)29-4;/h7-12H,6,13-14H2,1-5H3,(H2,23,24,25);1H. The average molecular weight is 539 g/mol. The van der Waals surface area contributed by atoms with Gasteiger partial charge in [-0.25, -0.2) is 9.98 Å². The Balaban J connectivity index is 0.00000341. The Bertz CT molecular complexity index is 1010. The Labute approximate surface area is 200 Å². The number of benzene rings is 2. The van der Waals surface area contributed by atoms with Gasteiger partial charge in [-0.2, -0.15) is 0 Å². The highest BCUT2D eigenvalue weighted by Crippen LogP contribution is 2.38. The van der Waals surface area contributed by atoms with Crippen LogP contribution in [0.5, 0.6) is 17.2 Å². The van der Waals surface area contributed by atoms with Crippen molar-refractivity contribution in [1.29, 1.82) is 0 Å². The number of imidazole rings is 1. The van der Waals surface area contributed by atoms with Crippen LogP contribution in [0.3, 0.4) is 0 Å². The predicted octanol–water partition coefficient (Wildman–Crippen LogP) is 3.47. The summed E-state index contributed by atoms with van der Waals surface area (Å²) in [5.41, 5.74) is 3.04. The van der Waals surface area contributed by atoms with E-state index in [-0.39, 0.29) is 24.0 Å². The highest BCUT2D eigenvalue weighted by atomic mass is 127. The van der Waals surface area contributed by atoms with Crippen LogP contribution in [0, 0.1) is 0 Å². The SMILES string of the molecule is CCNC(=NCc1cc(OC)c(OC)c(OC)c1)NCc1nc2ccccc2n1C.I. The van der Waals surface area contributed by atoms with Crippen LogP contribution in [0.1, 0.15) is 18.3 Å². The van der Waals surface area contributed by atoms with E-state index in [1.165, 1.54) is 0 Å². The van der Waals surface area contributed by atoms with Crippen molar-refractivity contribution in [3.05, 3.63) is 47.8 Å². The van der Waals surface area contributed by atoms with Crippen molar-refractivity contribution >= 4 is 41.0 Å². The van der Waals surface area contributed by atoms with Gasteiger partial charge in [0.05, 0.1) is 45.5 Å². The first-order valence-corrected chi connectivity index (χ1v) is 9.82. The summed E-state index contributed by atoms with van der Waals surface area (Å²) in [6.07, 6.45) is 0. The first kappa shape index (κ1) is 24.6. The van der Waals surface area contributed by atoms with Gasteiger partial charge in [-0.1, -0.05) is 12.1 Å². The van der Waals surface area contributed by atoms with Gasteiger partial charge in [0.1, 0.15) is 5.82 Å². The minimum Gasteiger partial charge on any atom is -0.493 e. The molecule has 0 aliphatic rings. The number of ether oxygens (including phenoxy) is 3. The fourth-order valence-electron chi connectivity index (χ4n) is 3.26.